The van der Waals surface area contributed by atoms with Crippen molar-refractivity contribution in [2.75, 3.05) is 20.3 Å². The van der Waals surface area contributed by atoms with Crippen LogP contribution in [0.5, 0.6) is 0 Å². The Kier molecular flexibility index (Phi) is 6.07. The Labute approximate surface area is 100 Å². The minimum atomic E-state index is -0.182. The van der Waals surface area contributed by atoms with Crippen molar-refractivity contribution in [3.8, 4) is 0 Å². The van der Waals surface area contributed by atoms with E-state index in [2.05, 4.69) is 10.6 Å². The zero-order chi connectivity index (χ0) is 11.8. The average molecular weight is 242 g/mol. The highest BCUT2D eigenvalue weighted by molar-refractivity contribution is 7.09. The molecule has 4 nitrogen and oxygen atoms in total. The molecule has 1 aromatic heterocycles. The van der Waals surface area contributed by atoms with Gasteiger partial charge in [0.1, 0.15) is 0 Å². The van der Waals surface area contributed by atoms with Gasteiger partial charge in [0.15, 0.2) is 0 Å². The summed E-state index contributed by atoms with van der Waals surface area (Å²) in [4.78, 5) is 12.8. The van der Waals surface area contributed by atoms with E-state index in [4.69, 9.17) is 4.74 Å². The smallest absolute Gasteiger partial charge is 0.236 e. The second kappa shape index (κ2) is 7.38. The lowest BCUT2D eigenvalue weighted by atomic mass is 10.3. The molecule has 1 amide bonds. The van der Waals surface area contributed by atoms with Crippen LogP contribution in [0.25, 0.3) is 0 Å². The van der Waals surface area contributed by atoms with Crippen molar-refractivity contribution in [1.29, 1.82) is 0 Å². The standard InChI is InChI=1S/C11H18N2O2S/c1-9(11(14)12-5-6-15-2)13-8-10-4-3-7-16-10/h3-4,7,9,13H,5-6,8H2,1-2H3,(H,12,14). The van der Waals surface area contributed by atoms with Crippen LogP contribution >= 0.6 is 11.3 Å². The molecule has 0 saturated heterocycles. The van der Waals surface area contributed by atoms with Crippen molar-refractivity contribution in [3.05, 3.63) is 22.4 Å². The number of hydrogen-bond donors (Lipinski definition) is 2. The maximum absolute atomic E-state index is 11.6. The Hall–Kier alpha value is -0.910. The third-order valence-electron chi connectivity index (χ3n) is 2.16. The molecule has 0 spiro atoms. The van der Waals surface area contributed by atoms with Gasteiger partial charge in [-0.2, -0.15) is 0 Å². The molecule has 5 heteroatoms. The monoisotopic (exact) mass is 242 g/mol. The molecule has 0 aliphatic heterocycles. The number of nitrogens with one attached hydrogen (secondary N) is 2. The van der Waals surface area contributed by atoms with E-state index < -0.39 is 0 Å². The van der Waals surface area contributed by atoms with E-state index in [1.807, 2.05) is 24.4 Å². The van der Waals surface area contributed by atoms with Crippen LogP contribution in [0.15, 0.2) is 17.5 Å². The normalized spacial score (nSPS) is 12.4. The summed E-state index contributed by atoms with van der Waals surface area (Å²) in [7, 11) is 1.62. The Balaban J connectivity index is 2.18. The zero-order valence-corrected chi connectivity index (χ0v) is 10.5. The molecule has 0 saturated carbocycles. The van der Waals surface area contributed by atoms with Gasteiger partial charge in [-0.3, -0.25) is 4.79 Å². The van der Waals surface area contributed by atoms with E-state index in [0.717, 1.165) is 6.54 Å². The van der Waals surface area contributed by atoms with E-state index in [0.29, 0.717) is 13.2 Å². The fraction of sp³-hybridized carbons (Fsp3) is 0.545. The fourth-order valence-corrected chi connectivity index (χ4v) is 1.84. The molecule has 1 heterocycles. The van der Waals surface area contributed by atoms with Crippen LogP contribution in [-0.4, -0.2) is 32.2 Å². The van der Waals surface area contributed by atoms with Crippen molar-refractivity contribution in [2.24, 2.45) is 0 Å². The van der Waals surface area contributed by atoms with Gasteiger partial charge in [0.2, 0.25) is 5.91 Å². The van der Waals surface area contributed by atoms with Crippen LogP contribution in [0.1, 0.15) is 11.8 Å². The predicted octanol–water partition coefficient (Wildman–Crippen LogP) is 0.989. The van der Waals surface area contributed by atoms with Crippen LogP contribution in [0.4, 0.5) is 0 Å². The summed E-state index contributed by atoms with van der Waals surface area (Å²) in [5.41, 5.74) is 0. The van der Waals surface area contributed by atoms with E-state index in [1.165, 1.54) is 4.88 Å². The molecular weight excluding hydrogens is 224 g/mol. The second-order valence-corrected chi connectivity index (χ2v) is 4.50. The Bertz CT molecular complexity index is 301. The topological polar surface area (TPSA) is 50.4 Å². The SMILES string of the molecule is COCCNC(=O)C(C)NCc1cccs1. The van der Waals surface area contributed by atoms with Gasteiger partial charge in [-0.05, 0) is 18.4 Å². The minimum absolute atomic E-state index is 0.00797. The highest BCUT2D eigenvalue weighted by Gasteiger charge is 2.11. The number of rotatable bonds is 7. The number of carbonyl (C=O) groups is 1. The fourth-order valence-electron chi connectivity index (χ4n) is 1.19. The van der Waals surface area contributed by atoms with Gasteiger partial charge >= 0.3 is 0 Å². The molecule has 16 heavy (non-hydrogen) atoms. The molecule has 0 aromatic carbocycles. The van der Waals surface area contributed by atoms with Crippen LogP contribution < -0.4 is 10.6 Å². The van der Waals surface area contributed by atoms with E-state index in [-0.39, 0.29) is 11.9 Å². The number of carbonyl (C=O) groups excluding carboxylic acids is 1. The molecule has 1 unspecified atom stereocenters. The van der Waals surface area contributed by atoms with E-state index in [9.17, 15) is 4.79 Å². The maximum atomic E-state index is 11.6. The van der Waals surface area contributed by atoms with Crippen LogP contribution in [0, 0.1) is 0 Å². The zero-order valence-electron chi connectivity index (χ0n) is 9.66. The molecule has 1 atom stereocenters. The van der Waals surface area contributed by atoms with E-state index in [1.54, 1.807) is 18.4 Å². The van der Waals surface area contributed by atoms with Gasteiger partial charge in [0.25, 0.3) is 0 Å². The summed E-state index contributed by atoms with van der Waals surface area (Å²) < 4.78 is 4.86. The van der Waals surface area contributed by atoms with Crippen LogP contribution in [-0.2, 0) is 16.1 Å². The molecule has 0 bridgehead atoms. The summed E-state index contributed by atoms with van der Waals surface area (Å²) in [6.45, 7) is 3.69. The van der Waals surface area contributed by atoms with Gasteiger partial charge in [-0.1, -0.05) is 6.07 Å². The first kappa shape index (κ1) is 13.2. The number of methoxy groups -OCH3 is 1. The molecule has 0 aliphatic carbocycles. The van der Waals surface area contributed by atoms with Crippen molar-refractivity contribution >= 4 is 17.2 Å². The minimum Gasteiger partial charge on any atom is -0.383 e. The van der Waals surface area contributed by atoms with E-state index >= 15 is 0 Å². The lowest BCUT2D eigenvalue weighted by Crippen LogP contribution is -2.42. The summed E-state index contributed by atoms with van der Waals surface area (Å²) in [5, 5.41) is 7.99. The lowest BCUT2D eigenvalue weighted by Gasteiger charge is -2.13. The lowest BCUT2D eigenvalue weighted by molar-refractivity contribution is -0.122. The first-order valence-electron chi connectivity index (χ1n) is 5.26. The Morgan fingerprint density at radius 1 is 1.62 bits per heavy atom. The number of amides is 1. The van der Waals surface area contributed by atoms with Crippen molar-refractivity contribution in [2.45, 2.75) is 19.5 Å². The molecule has 1 aromatic rings. The number of hydrogen-bond acceptors (Lipinski definition) is 4. The summed E-state index contributed by atoms with van der Waals surface area (Å²) in [6.07, 6.45) is 0. The molecule has 0 fully saturated rings. The van der Waals surface area contributed by atoms with Crippen molar-refractivity contribution < 1.29 is 9.53 Å². The highest BCUT2D eigenvalue weighted by atomic mass is 32.1. The number of ether oxygens (including phenoxy) is 1. The Morgan fingerprint density at radius 3 is 3.06 bits per heavy atom. The molecular formula is C11H18N2O2S. The first-order chi connectivity index (χ1) is 7.74. The van der Waals surface area contributed by atoms with Gasteiger partial charge in [0, 0.05) is 25.1 Å². The van der Waals surface area contributed by atoms with Gasteiger partial charge in [0.05, 0.1) is 12.6 Å². The first-order valence-corrected chi connectivity index (χ1v) is 6.14. The largest absolute Gasteiger partial charge is 0.383 e. The second-order valence-electron chi connectivity index (χ2n) is 3.47. The molecule has 0 aliphatic rings. The van der Waals surface area contributed by atoms with Gasteiger partial charge in [-0.15, -0.1) is 11.3 Å². The molecule has 2 N–H and O–H groups in total. The maximum Gasteiger partial charge on any atom is 0.236 e. The Morgan fingerprint density at radius 2 is 2.44 bits per heavy atom. The van der Waals surface area contributed by atoms with Crippen molar-refractivity contribution in [3.63, 3.8) is 0 Å². The van der Waals surface area contributed by atoms with Crippen LogP contribution in [0.2, 0.25) is 0 Å². The van der Waals surface area contributed by atoms with Crippen LogP contribution in [0.3, 0.4) is 0 Å². The molecule has 1 rings (SSSR count). The molecule has 0 radical (unpaired) electrons. The van der Waals surface area contributed by atoms with Crippen molar-refractivity contribution in [1.82, 2.24) is 10.6 Å². The number of thiophene rings is 1. The third kappa shape index (κ3) is 4.74. The summed E-state index contributed by atoms with van der Waals surface area (Å²) in [6, 6.07) is 3.87. The van der Waals surface area contributed by atoms with Gasteiger partial charge < -0.3 is 15.4 Å². The highest BCUT2D eigenvalue weighted by Crippen LogP contribution is 2.07. The summed E-state index contributed by atoms with van der Waals surface area (Å²) >= 11 is 1.68. The average Bonchev–Trinajstić information content (AvgIpc) is 2.79. The van der Waals surface area contributed by atoms with Gasteiger partial charge in [-0.25, -0.2) is 0 Å². The predicted molar refractivity (Wildman–Crippen MR) is 65.5 cm³/mol. The summed E-state index contributed by atoms with van der Waals surface area (Å²) in [5.74, 6) is 0.00797. The third-order valence-corrected chi connectivity index (χ3v) is 3.04. The quantitative estimate of drug-likeness (QED) is 0.701. The molecule has 90 valence electrons.